The molecule has 0 aromatic carbocycles. The van der Waals surface area contributed by atoms with Crippen LogP contribution in [0.1, 0.15) is 12.8 Å². The van der Waals surface area contributed by atoms with E-state index in [1.54, 1.807) is 7.05 Å². The summed E-state index contributed by atoms with van der Waals surface area (Å²) in [5.41, 5.74) is 0. The van der Waals surface area contributed by atoms with E-state index in [0.29, 0.717) is 0 Å². The first-order valence-corrected chi connectivity index (χ1v) is 5.25. The summed E-state index contributed by atoms with van der Waals surface area (Å²) in [5, 5.41) is 10.2. The summed E-state index contributed by atoms with van der Waals surface area (Å²) in [6, 6.07) is 0. The largest absolute Gasteiger partial charge is 0.314 e. The van der Waals surface area contributed by atoms with Crippen LogP contribution in [0.3, 0.4) is 0 Å². The Morgan fingerprint density at radius 1 is 0.786 bits per heavy atom. The summed E-state index contributed by atoms with van der Waals surface area (Å²) in [6.07, 6.45) is 2.23. The van der Waals surface area contributed by atoms with Crippen LogP contribution in [-0.2, 0) is 0 Å². The van der Waals surface area contributed by atoms with Crippen molar-refractivity contribution in [2.24, 2.45) is 0 Å². The smallest absolute Gasteiger partial charge is 0.0247 e. The van der Waals surface area contributed by atoms with Crippen LogP contribution < -0.4 is 0 Å². The van der Waals surface area contributed by atoms with E-state index in [2.05, 4.69) is 30.9 Å². The van der Waals surface area contributed by atoms with Gasteiger partial charge in [-0.2, -0.15) is 5.06 Å². The van der Waals surface area contributed by atoms with Gasteiger partial charge in [0.05, 0.1) is 0 Å². The number of hydrogen-bond acceptors (Lipinski definition) is 4. The fourth-order valence-electron chi connectivity index (χ4n) is 1.34. The molecule has 0 unspecified atom stereocenters. The predicted molar refractivity (Wildman–Crippen MR) is 59.7 cm³/mol. The van der Waals surface area contributed by atoms with Gasteiger partial charge in [0.2, 0.25) is 0 Å². The molecular formula is C10H25N3O. The van der Waals surface area contributed by atoms with Crippen LogP contribution in [-0.4, -0.2) is 74.4 Å². The van der Waals surface area contributed by atoms with E-state index in [1.807, 2.05) is 0 Å². The second kappa shape index (κ2) is 8.17. The molecule has 0 rings (SSSR count). The first-order chi connectivity index (χ1) is 6.52. The fourth-order valence-corrected chi connectivity index (χ4v) is 1.34. The summed E-state index contributed by atoms with van der Waals surface area (Å²) in [6.45, 7) is 4.08. The first kappa shape index (κ1) is 13.8. The van der Waals surface area contributed by atoms with Crippen molar-refractivity contribution in [3.63, 3.8) is 0 Å². The maximum absolute atomic E-state index is 8.92. The van der Waals surface area contributed by atoms with E-state index in [4.69, 9.17) is 5.21 Å². The molecule has 0 aliphatic carbocycles. The molecule has 4 heteroatoms. The molecule has 0 saturated heterocycles. The lowest BCUT2D eigenvalue weighted by molar-refractivity contribution is -0.0662. The minimum absolute atomic E-state index is 0.748. The zero-order valence-corrected chi connectivity index (χ0v) is 10.0. The van der Waals surface area contributed by atoms with E-state index in [9.17, 15) is 0 Å². The van der Waals surface area contributed by atoms with Crippen LogP contribution in [0.5, 0.6) is 0 Å². The zero-order chi connectivity index (χ0) is 11.0. The van der Waals surface area contributed by atoms with E-state index >= 15 is 0 Å². The third-order valence-corrected chi connectivity index (χ3v) is 2.17. The summed E-state index contributed by atoms with van der Waals surface area (Å²) in [5.74, 6) is 0. The quantitative estimate of drug-likeness (QED) is 0.585. The average Bonchev–Trinajstić information content (AvgIpc) is 2.02. The van der Waals surface area contributed by atoms with Crippen LogP contribution in [0.4, 0.5) is 0 Å². The van der Waals surface area contributed by atoms with Crippen molar-refractivity contribution in [2.75, 3.05) is 54.4 Å². The van der Waals surface area contributed by atoms with Gasteiger partial charge in [0.1, 0.15) is 0 Å². The molecule has 0 bridgehead atoms. The van der Waals surface area contributed by atoms with Gasteiger partial charge in [0.15, 0.2) is 0 Å². The third-order valence-electron chi connectivity index (χ3n) is 2.17. The highest BCUT2D eigenvalue weighted by Crippen LogP contribution is 1.92. The standard InChI is InChI=1S/C10H25N3O/c1-11(2)7-5-8-12(3)9-6-10-13(4)14/h14H,5-10H2,1-4H3. The highest BCUT2D eigenvalue weighted by atomic mass is 16.5. The van der Waals surface area contributed by atoms with Gasteiger partial charge in [0, 0.05) is 13.6 Å². The number of hydroxylamine groups is 2. The van der Waals surface area contributed by atoms with Gasteiger partial charge in [-0.3, -0.25) is 0 Å². The first-order valence-electron chi connectivity index (χ1n) is 5.25. The highest BCUT2D eigenvalue weighted by Gasteiger charge is 1.99. The molecule has 0 aliphatic heterocycles. The van der Waals surface area contributed by atoms with Crippen molar-refractivity contribution in [3.05, 3.63) is 0 Å². The Morgan fingerprint density at radius 3 is 1.71 bits per heavy atom. The molecule has 0 atom stereocenters. The molecule has 0 heterocycles. The third kappa shape index (κ3) is 9.92. The maximum Gasteiger partial charge on any atom is 0.0247 e. The highest BCUT2D eigenvalue weighted by molar-refractivity contribution is 4.54. The second-order valence-corrected chi connectivity index (χ2v) is 4.19. The second-order valence-electron chi connectivity index (χ2n) is 4.19. The number of nitrogens with zero attached hydrogens (tertiary/aromatic N) is 3. The van der Waals surface area contributed by atoms with Crippen molar-refractivity contribution >= 4 is 0 Å². The van der Waals surface area contributed by atoms with Crippen molar-refractivity contribution < 1.29 is 5.21 Å². The lowest BCUT2D eigenvalue weighted by Crippen LogP contribution is -2.26. The average molecular weight is 203 g/mol. The van der Waals surface area contributed by atoms with Gasteiger partial charge in [0.25, 0.3) is 0 Å². The summed E-state index contributed by atoms with van der Waals surface area (Å²) in [4.78, 5) is 4.52. The normalized spacial score (nSPS) is 12.0. The topological polar surface area (TPSA) is 30.0 Å². The monoisotopic (exact) mass is 203 g/mol. The lowest BCUT2D eigenvalue weighted by atomic mass is 10.3. The Hall–Kier alpha value is -0.160. The summed E-state index contributed by atoms with van der Waals surface area (Å²) in [7, 11) is 8.01. The minimum Gasteiger partial charge on any atom is -0.314 e. The SMILES string of the molecule is CN(C)CCCN(C)CCCN(C)O. The van der Waals surface area contributed by atoms with E-state index < -0.39 is 0 Å². The Kier molecular flexibility index (Phi) is 8.08. The summed E-state index contributed by atoms with van der Waals surface area (Å²) >= 11 is 0. The van der Waals surface area contributed by atoms with Crippen LogP contribution in [0.25, 0.3) is 0 Å². The number of rotatable bonds is 8. The van der Waals surface area contributed by atoms with Crippen LogP contribution in [0.15, 0.2) is 0 Å². The predicted octanol–water partition coefficient (Wildman–Crippen LogP) is 0.581. The van der Waals surface area contributed by atoms with E-state index in [-0.39, 0.29) is 0 Å². The molecule has 0 aromatic rings. The van der Waals surface area contributed by atoms with Gasteiger partial charge in [-0.15, -0.1) is 0 Å². The van der Waals surface area contributed by atoms with Crippen LogP contribution >= 0.6 is 0 Å². The molecule has 86 valence electrons. The molecule has 4 nitrogen and oxygen atoms in total. The van der Waals surface area contributed by atoms with E-state index in [0.717, 1.165) is 32.6 Å². The molecular weight excluding hydrogens is 178 g/mol. The Bertz CT molecular complexity index is 115. The van der Waals surface area contributed by atoms with Gasteiger partial charge in [-0.1, -0.05) is 0 Å². The van der Waals surface area contributed by atoms with Crippen molar-refractivity contribution in [3.8, 4) is 0 Å². The fraction of sp³-hybridized carbons (Fsp3) is 1.00. The molecule has 0 amide bonds. The van der Waals surface area contributed by atoms with Crippen molar-refractivity contribution in [2.45, 2.75) is 12.8 Å². The molecule has 0 fully saturated rings. The Labute approximate surface area is 88.1 Å². The van der Waals surface area contributed by atoms with Crippen LogP contribution in [0.2, 0.25) is 0 Å². The van der Waals surface area contributed by atoms with Crippen molar-refractivity contribution in [1.29, 1.82) is 0 Å². The Balaban J connectivity index is 3.23. The van der Waals surface area contributed by atoms with Gasteiger partial charge in [-0.25, -0.2) is 0 Å². The lowest BCUT2D eigenvalue weighted by Gasteiger charge is -2.18. The molecule has 14 heavy (non-hydrogen) atoms. The maximum atomic E-state index is 8.92. The molecule has 0 aliphatic rings. The van der Waals surface area contributed by atoms with Crippen LogP contribution in [0, 0.1) is 0 Å². The molecule has 0 radical (unpaired) electrons. The van der Waals surface area contributed by atoms with E-state index in [1.165, 1.54) is 11.5 Å². The minimum atomic E-state index is 0.748. The summed E-state index contributed by atoms with van der Waals surface area (Å²) < 4.78 is 0. The molecule has 1 N–H and O–H groups in total. The van der Waals surface area contributed by atoms with Gasteiger partial charge >= 0.3 is 0 Å². The molecule has 0 spiro atoms. The van der Waals surface area contributed by atoms with Gasteiger partial charge in [-0.05, 0) is 53.6 Å². The molecule has 0 saturated carbocycles. The zero-order valence-electron chi connectivity index (χ0n) is 10.0. The number of hydrogen-bond donors (Lipinski definition) is 1. The Morgan fingerprint density at radius 2 is 1.29 bits per heavy atom. The molecule has 0 aromatic heterocycles. The van der Waals surface area contributed by atoms with Gasteiger partial charge < -0.3 is 15.0 Å². The van der Waals surface area contributed by atoms with Crippen molar-refractivity contribution in [1.82, 2.24) is 14.9 Å².